The molecule has 1 atom stereocenters. The van der Waals surface area contributed by atoms with Crippen LogP contribution >= 0.6 is 0 Å². The Balaban J connectivity index is 2.37. The summed E-state index contributed by atoms with van der Waals surface area (Å²) in [6, 6.07) is 6.86. The SMILES string of the molecule is CC(C)(CC1CS(=O)(=O)c2ccccc21)C(=O)O. The van der Waals surface area contributed by atoms with Gasteiger partial charge in [0, 0.05) is 5.92 Å². The number of sulfone groups is 1. The highest BCUT2D eigenvalue weighted by Crippen LogP contribution is 2.41. The summed E-state index contributed by atoms with van der Waals surface area (Å²) in [4.78, 5) is 11.5. The molecule has 18 heavy (non-hydrogen) atoms. The first-order chi connectivity index (χ1) is 8.24. The van der Waals surface area contributed by atoms with Gasteiger partial charge in [0.1, 0.15) is 0 Å². The number of carboxylic acids is 1. The van der Waals surface area contributed by atoms with E-state index in [1.54, 1.807) is 38.1 Å². The minimum atomic E-state index is -3.25. The van der Waals surface area contributed by atoms with Crippen LogP contribution in [0, 0.1) is 5.41 Å². The fraction of sp³-hybridized carbons (Fsp3) is 0.462. The Morgan fingerprint density at radius 3 is 2.61 bits per heavy atom. The van der Waals surface area contributed by atoms with E-state index in [0.717, 1.165) is 5.56 Å². The molecule has 1 aromatic carbocycles. The zero-order chi connectivity index (χ0) is 13.6. The van der Waals surface area contributed by atoms with Gasteiger partial charge in [0.25, 0.3) is 0 Å². The molecule has 1 heterocycles. The van der Waals surface area contributed by atoms with Crippen molar-refractivity contribution in [2.45, 2.75) is 31.1 Å². The molecule has 0 saturated carbocycles. The minimum Gasteiger partial charge on any atom is -0.481 e. The Morgan fingerprint density at radius 2 is 2.00 bits per heavy atom. The van der Waals surface area contributed by atoms with Gasteiger partial charge in [-0.25, -0.2) is 8.42 Å². The van der Waals surface area contributed by atoms with Gasteiger partial charge in [-0.3, -0.25) is 4.79 Å². The lowest BCUT2D eigenvalue weighted by molar-refractivity contribution is -0.147. The van der Waals surface area contributed by atoms with Crippen LogP contribution in [0.4, 0.5) is 0 Å². The van der Waals surface area contributed by atoms with Crippen LogP contribution in [-0.2, 0) is 14.6 Å². The standard InChI is InChI=1S/C13H16O4S/c1-13(2,12(14)15)7-9-8-18(16,17)11-6-4-3-5-10(9)11/h3-6,9H,7-8H2,1-2H3,(H,14,15). The first kappa shape index (κ1) is 13.1. The van der Waals surface area contributed by atoms with Gasteiger partial charge < -0.3 is 5.11 Å². The highest BCUT2D eigenvalue weighted by atomic mass is 32.2. The van der Waals surface area contributed by atoms with Crippen molar-refractivity contribution < 1.29 is 18.3 Å². The van der Waals surface area contributed by atoms with Crippen LogP contribution in [0.5, 0.6) is 0 Å². The van der Waals surface area contributed by atoms with Crippen molar-refractivity contribution in [3.63, 3.8) is 0 Å². The average molecular weight is 268 g/mol. The van der Waals surface area contributed by atoms with E-state index in [2.05, 4.69) is 0 Å². The Kier molecular flexibility index (Phi) is 2.97. The van der Waals surface area contributed by atoms with Crippen LogP contribution in [0.3, 0.4) is 0 Å². The molecule has 0 amide bonds. The summed E-state index contributed by atoms with van der Waals surface area (Å²) >= 11 is 0. The van der Waals surface area contributed by atoms with Gasteiger partial charge in [-0.05, 0) is 31.9 Å². The highest BCUT2D eigenvalue weighted by molar-refractivity contribution is 7.91. The van der Waals surface area contributed by atoms with Crippen molar-refractivity contribution in [2.24, 2.45) is 5.41 Å². The summed E-state index contributed by atoms with van der Waals surface area (Å²) in [6.07, 6.45) is 0.332. The van der Waals surface area contributed by atoms with Crippen molar-refractivity contribution in [1.29, 1.82) is 0 Å². The van der Waals surface area contributed by atoms with Gasteiger partial charge in [0.2, 0.25) is 0 Å². The number of carboxylic acid groups (broad SMARTS) is 1. The second kappa shape index (κ2) is 4.09. The van der Waals surface area contributed by atoms with E-state index in [1.165, 1.54) is 0 Å². The van der Waals surface area contributed by atoms with Crippen LogP contribution in [0.15, 0.2) is 29.2 Å². The Labute approximate surface area is 107 Å². The molecule has 0 spiro atoms. The van der Waals surface area contributed by atoms with Gasteiger partial charge in [0.05, 0.1) is 16.1 Å². The lowest BCUT2D eigenvalue weighted by Gasteiger charge is -2.23. The van der Waals surface area contributed by atoms with E-state index in [0.29, 0.717) is 11.3 Å². The molecule has 2 rings (SSSR count). The Hall–Kier alpha value is -1.36. The Bertz CT molecular complexity index is 587. The third kappa shape index (κ3) is 2.14. The normalized spacial score (nSPS) is 21.6. The number of aliphatic carboxylic acids is 1. The number of rotatable bonds is 3. The fourth-order valence-electron chi connectivity index (χ4n) is 2.42. The topological polar surface area (TPSA) is 71.4 Å². The van der Waals surface area contributed by atoms with Gasteiger partial charge >= 0.3 is 5.97 Å². The van der Waals surface area contributed by atoms with Crippen molar-refractivity contribution in [3.8, 4) is 0 Å². The third-order valence-corrected chi connectivity index (χ3v) is 5.33. The molecule has 1 aromatic rings. The third-order valence-electron chi connectivity index (χ3n) is 3.45. The molecule has 1 N–H and O–H groups in total. The summed E-state index contributed by atoms with van der Waals surface area (Å²) in [6.45, 7) is 3.26. The van der Waals surface area contributed by atoms with Gasteiger partial charge in [0.15, 0.2) is 9.84 Å². The van der Waals surface area contributed by atoms with Gasteiger partial charge in [-0.2, -0.15) is 0 Å². The summed E-state index contributed by atoms with van der Waals surface area (Å²) in [5.74, 6) is -1.11. The first-order valence-electron chi connectivity index (χ1n) is 5.79. The van der Waals surface area contributed by atoms with Crippen molar-refractivity contribution in [3.05, 3.63) is 29.8 Å². The summed E-state index contributed by atoms with van der Waals surface area (Å²) in [5.41, 5.74) is -0.163. The molecule has 0 radical (unpaired) electrons. The second-order valence-electron chi connectivity index (χ2n) is 5.41. The molecule has 0 bridgehead atoms. The van der Waals surface area contributed by atoms with Gasteiger partial charge in [-0.15, -0.1) is 0 Å². The Morgan fingerprint density at radius 1 is 1.39 bits per heavy atom. The molecule has 0 aromatic heterocycles. The largest absolute Gasteiger partial charge is 0.481 e. The van der Waals surface area contributed by atoms with E-state index in [-0.39, 0.29) is 11.7 Å². The molecular formula is C13H16O4S. The first-order valence-corrected chi connectivity index (χ1v) is 7.44. The number of hydrogen-bond donors (Lipinski definition) is 1. The molecule has 1 aliphatic heterocycles. The van der Waals surface area contributed by atoms with Crippen LogP contribution < -0.4 is 0 Å². The predicted octanol–water partition coefficient (Wildman–Crippen LogP) is 2.06. The smallest absolute Gasteiger partial charge is 0.309 e. The second-order valence-corrected chi connectivity index (χ2v) is 7.41. The molecule has 4 nitrogen and oxygen atoms in total. The molecule has 5 heteroatoms. The summed E-state index contributed by atoms with van der Waals surface area (Å²) in [5, 5.41) is 9.13. The van der Waals surface area contributed by atoms with E-state index in [9.17, 15) is 13.2 Å². The van der Waals surface area contributed by atoms with Crippen LogP contribution in [0.25, 0.3) is 0 Å². The zero-order valence-corrected chi connectivity index (χ0v) is 11.2. The van der Waals surface area contributed by atoms with Crippen LogP contribution in [0.1, 0.15) is 31.7 Å². The number of hydrogen-bond acceptors (Lipinski definition) is 3. The van der Waals surface area contributed by atoms with E-state index in [1.807, 2.05) is 0 Å². The molecule has 1 aliphatic rings. The maximum Gasteiger partial charge on any atom is 0.309 e. The van der Waals surface area contributed by atoms with Crippen molar-refractivity contribution in [2.75, 3.05) is 5.75 Å². The quantitative estimate of drug-likeness (QED) is 0.910. The molecule has 1 unspecified atom stereocenters. The lowest BCUT2D eigenvalue weighted by Crippen LogP contribution is -2.26. The van der Waals surface area contributed by atoms with Crippen molar-refractivity contribution in [1.82, 2.24) is 0 Å². The van der Waals surface area contributed by atoms with Gasteiger partial charge in [-0.1, -0.05) is 18.2 Å². The monoisotopic (exact) mass is 268 g/mol. The zero-order valence-electron chi connectivity index (χ0n) is 10.4. The highest BCUT2D eigenvalue weighted by Gasteiger charge is 2.39. The molecule has 98 valence electrons. The predicted molar refractivity (Wildman–Crippen MR) is 67.3 cm³/mol. The number of fused-ring (bicyclic) bond motifs is 1. The lowest BCUT2D eigenvalue weighted by atomic mass is 9.81. The average Bonchev–Trinajstić information content (AvgIpc) is 2.51. The maximum absolute atomic E-state index is 12.0. The maximum atomic E-state index is 12.0. The summed E-state index contributed by atoms with van der Waals surface area (Å²) < 4.78 is 23.9. The van der Waals surface area contributed by atoms with E-state index >= 15 is 0 Å². The number of benzene rings is 1. The van der Waals surface area contributed by atoms with E-state index in [4.69, 9.17) is 5.11 Å². The molecule has 0 fully saturated rings. The van der Waals surface area contributed by atoms with Crippen LogP contribution in [-0.4, -0.2) is 25.2 Å². The molecule has 0 saturated heterocycles. The summed E-state index contributed by atoms with van der Waals surface area (Å²) in [7, 11) is -3.25. The molecular weight excluding hydrogens is 252 g/mol. The minimum absolute atomic E-state index is 0.0169. The van der Waals surface area contributed by atoms with Crippen molar-refractivity contribution >= 4 is 15.8 Å². The molecule has 0 aliphatic carbocycles. The number of carbonyl (C=O) groups is 1. The fourth-order valence-corrected chi connectivity index (χ4v) is 4.30. The van der Waals surface area contributed by atoms with Crippen LogP contribution in [0.2, 0.25) is 0 Å². The van der Waals surface area contributed by atoms with E-state index < -0.39 is 21.2 Å².